The van der Waals surface area contributed by atoms with E-state index in [4.69, 9.17) is 4.74 Å². The van der Waals surface area contributed by atoms with Crippen LogP contribution >= 0.6 is 15.9 Å². The Morgan fingerprint density at radius 3 is 2.52 bits per heavy atom. The number of ether oxygens (including phenoxy) is 1. The normalized spacial score (nSPS) is 26.8. The molecule has 0 bridgehead atoms. The first kappa shape index (κ1) is 17.4. The molecule has 3 saturated heterocycles. The fraction of sp³-hybridized carbons (Fsp3) is 0.562. The molecule has 4 rings (SSSR count). The van der Waals surface area contributed by atoms with E-state index in [0.717, 1.165) is 4.47 Å². The molecule has 136 valence electrons. The van der Waals surface area contributed by atoms with Crippen LogP contribution in [0, 0.1) is 0 Å². The van der Waals surface area contributed by atoms with Crippen LogP contribution in [0.1, 0.15) is 12.8 Å². The number of carbonyl (C=O) groups excluding carboxylic acids is 1. The molecule has 1 spiro atoms. The lowest BCUT2D eigenvalue weighted by Crippen LogP contribution is -2.52. The Bertz CT molecular complexity index is 775. The van der Waals surface area contributed by atoms with Gasteiger partial charge in [-0.2, -0.15) is 4.31 Å². The number of benzene rings is 1. The summed E-state index contributed by atoms with van der Waals surface area (Å²) in [6, 6.07) is 6.69. The Kier molecular flexibility index (Phi) is 4.40. The zero-order valence-electron chi connectivity index (χ0n) is 13.7. The molecule has 0 aromatic heterocycles. The van der Waals surface area contributed by atoms with Crippen molar-refractivity contribution in [2.75, 3.05) is 32.7 Å². The Hall–Kier alpha value is -1.00. The van der Waals surface area contributed by atoms with Crippen LogP contribution in [0.3, 0.4) is 0 Å². The van der Waals surface area contributed by atoms with Crippen molar-refractivity contribution in [1.29, 1.82) is 0 Å². The summed E-state index contributed by atoms with van der Waals surface area (Å²) in [5.41, 5.74) is -0.419. The third-order valence-corrected chi connectivity index (χ3v) is 7.63. The van der Waals surface area contributed by atoms with Crippen molar-refractivity contribution in [2.45, 2.75) is 29.6 Å². The molecule has 0 saturated carbocycles. The number of halogens is 1. The Balaban J connectivity index is 1.46. The number of amides is 1. The van der Waals surface area contributed by atoms with Crippen LogP contribution in [0.15, 0.2) is 33.6 Å². The van der Waals surface area contributed by atoms with E-state index in [-0.39, 0.29) is 12.1 Å². The fourth-order valence-electron chi connectivity index (χ4n) is 3.77. The Morgan fingerprint density at radius 1 is 1.20 bits per heavy atom. The average molecular weight is 430 g/mol. The first-order chi connectivity index (χ1) is 11.9. The molecule has 9 heteroatoms. The van der Waals surface area contributed by atoms with E-state index in [9.17, 15) is 13.2 Å². The number of sulfonamides is 1. The molecule has 3 aliphatic rings. The van der Waals surface area contributed by atoms with Crippen molar-refractivity contribution >= 4 is 31.9 Å². The lowest BCUT2D eigenvalue weighted by Gasteiger charge is -2.37. The summed E-state index contributed by atoms with van der Waals surface area (Å²) < 4.78 is 34.1. The van der Waals surface area contributed by atoms with Crippen molar-refractivity contribution in [3.05, 3.63) is 28.7 Å². The quantitative estimate of drug-likeness (QED) is 0.750. The second-order valence-corrected chi connectivity index (χ2v) is 9.62. The third kappa shape index (κ3) is 3.12. The van der Waals surface area contributed by atoms with E-state index in [1.54, 1.807) is 29.2 Å². The zero-order valence-corrected chi connectivity index (χ0v) is 16.1. The molecule has 0 radical (unpaired) electrons. The maximum absolute atomic E-state index is 12.8. The van der Waals surface area contributed by atoms with Gasteiger partial charge in [-0.05, 0) is 37.1 Å². The molecule has 0 aliphatic carbocycles. The van der Waals surface area contributed by atoms with Crippen LogP contribution < -0.4 is 5.32 Å². The molecule has 3 fully saturated rings. The third-order valence-electron chi connectivity index (χ3n) is 5.19. The van der Waals surface area contributed by atoms with Gasteiger partial charge in [0.05, 0.1) is 23.6 Å². The van der Waals surface area contributed by atoms with Crippen molar-refractivity contribution in [3.63, 3.8) is 0 Å². The molecule has 1 atom stereocenters. The first-order valence-electron chi connectivity index (χ1n) is 8.33. The van der Waals surface area contributed by atoms with Crippen LogP contribution in [0.4, 0.5) is 0 Å². The number of rotatable bonds is 2. The van der Waals surface area contributed by atoms with Crippen LogP contribution in [0.2, 0.25) is 0 Å². The predicted molar refractivity (Wildman–Crippen MR) is 94.3 cm³/mol. The molecule has 1 amide bonds. The van der Waals surface area contributed by atoms with E-state index in [1.807, 2.05) is 0 Å². The van der Waals surface area contributed by atoms with Gasteiger partial charge >= 0.3 is 0 Å². The summed E-state index contributed by atoms with van der Waals surface area (Å²) in [6.07, 6.45) is 0.974. The molecule has 1 unspecified atom stereocenters. The van der Waals surface area contributed by atoms with Crippen LogP contribution in [0.5, 0.6) is 0 Å². The van der Waals surface area contributed by atoms with Gasteiger partial charge in [0, 0.05) is 24.1 Å². The minimum atomic E-state index is -3.50. The topological polar surface area (TPSA) is 79.0 Å². The number of fused-ring (bicyclic) bond motifs is 1. The van der Waals surface area contributed by atoms with Gasteiger partial charge in [0.15, 0.2) is 0 Å². The standard InChI is InChI=1S/C16H20BrN3O4S/c17-12-1-3-13(4-2-12)25(22,23)19-7-5-16(6-8-19)11-20-14(21)9-18-10-15(20)24-16/h1-4,15,18H,5-11H2. The van der Waals surface area contributed by atoms with E-state index < -0.39 is 15.6 Å². The van der Waals surface area contributed by atoms with Crippen molar-refractivity contribution in [3.8, 4) is 0 Å². The molecule has 25 heavy (non-hydrogen) atoms. The smallest absolute Gasteiger partial charge is 0.243 e. The Labute approximate surface area is 155 Å². The summed E-state index contributed by atoms with van der Waals surface area (Å²) in [5.74, 6) is 0.0537. The van der Waals surface area contributed by atoms with Gasteiger partial charge < -0.3 is 15.0 Å². The number of nitrogens with zero attached hydrogens (tertiary/aromatic N) is 2. The lowest BCUT2D eigenvalue weighted by molar-refractivity contribution is -0.140. The van der Waals surface area contributed by atoms with Gasteiger partial charge in [0.1, 0.15) is 6.23 Å². The number of carbonyl (C=O) groups is 1. The van der Waals surface area contributed by atoms with Gasteiger partial charge in [-0.15, -0.1) is 0 Å². The van der Waals surface area contributed by atoms with Gasteiger partial charge in [0.2, 0.25) is 15.9 Å². The molecular formula is C16H20BrN3O4S. The van der Waals surface area contributed by atoms with E-state index in [2.05, 4.69) is 21.2 Å². The summed E-state index contributed by atoms with van der Waals surface area (Å²) in [4.78, 5) is 14.1. The number of piperidine rings is 1. The molecule has 1 aromatic rings. The van der Waals surface area contributed by atoms with E-state index in [0.29, 0.717) is 50.5 Å². The molecule has 3 heterocycles. The molecule has 7 nitrogen and oxygen atoms in total. The summed E-state index contributed by atoms with van der Waals surface area (Å²) in [5, 5.41) is 3.06. The first-order valence-corrected chi connectivity index (χ1v) is 10.6. The lowest BCUT2D eigenvalue weighted by atomic mass is 9.92. The predicted octanol–water partition coefficient (Wildman–Crippen LogP) is 0.760. The Morgan fingerprint density at radius 2 is 1.88 bits per heavy atom. The van der Waals surface area contributed by atoms with Gasteiger partial charge in [-0.1, -0.05) is 15.9 Å². The summed E-state index contributed by atoms with van der Waals surface area (Å²) in [7, 11) is -3.50. The molecule has 1 aromatic carbocycles. The van der Waals surface area contributed by atoms with Crippen molar-refractivity contribution in [1.82, 2.24) is 14.5 Å². The maximum Gasteiger partial charge on any atom is 0.243 e. The molecule has 1 N–H and O–H groups in total. The van der Waals surface area contributed by atoms with Crippen LogP contribution in [-0.2, 0) is 19.6 Å². The number of hydrogen-bond acceptors (Lipinski definition) is 5. The SMILES string of the molecule is O=C1CNCC2OC3(CCN(S(=O)(=O)c4ccc(Br)cc4)CC3)CN12. The van der Waals surface area contributed by atoms with Crippen LogP contribution in [-0.4, -0.2) is 68.1 Å². The highest BCUT2D eigenvalue weighted by Gasteiger charge is 2.50. The van der Waals surface area contributed by atoms with E-state index in [1.165, 1.54) is 4.31 Å². The van der Waals surface area contributed by atoms with Crippen molar-refractivity contribution < 1.29 is 17.9 Å². The van der Waals surface area contributed by atoms with Crippen LogP contribution in [0.25, 0.3) is 0 Å². The fourth-order valence-corrected chi connectivity index (χ4v) is 5.48. The van der Waals surface area contributed by atoms with Gasteiger partial charge in [-0.25, -0.2) is 8.42 Å². The summed E-state index contributed by atoms with van der Waals surface area (Å²) in [6.45, 7) is 2.35. The highest BCUT2D eigenvalue weighted by molar-refractivity contribution is 9.10. The zero-order chi connectivity index (χ0) is 17.7. The van der Waals surface area contributed by atoms with Gasteiger partial charge in [0.25, 0.3) is 0 Å². The summed E-state index contributed by atoms with van der Waals surface area (Å²) >= 11 is 3.32. The number of nitrogens with one attached hydrogen (secondary N) is 1. The average Bonchev–Trinajstić information content (AvgIpc) is 2.95. The largest absolute Gasteiger partial charge is 0.349 e. The second-order valence-electron chi connectivity index (χ2n) is 6.77. The number of hydrogen-bond donors (Lipinski definition) is 1. The minimum Gasteiger partial charge on any atom is -0.349 e. The highest BCUT2D eigenvalue weighted by Crippen LogP contribution is 2.37. The second kappa shape index (κ2) is 6.31. The number of piperazine rings is 1. The highest BCUT2D eigenvalue weighted by atomic mass is 79.9. The maximum atomic E-state index is 12.8. The van der Waals surface area contributed by atoms with Crippen molar-refractivity contribution in [2.24, 2.45) is 0 Å². The molecule has 3 aliphatic heterocycles. The van der Waals surface area contributed by atoms with E-state index >= 15 is 0 Å². The molecular weight excluding hydrogens is 410 g/mol. The van der Waals surface area contributed by atoms with Gasteiger partial charge in [-0.3, -0.25) is 4.79 Å². The monoisotopic (exact) mass is 429 g/mol. The minimum absolute atomic E-state index is 0.0537.